The lowest BCUT2D eigenvalue weighted by Gasteiger charge is -2.13. The minimum atomic E-state index is -0.265. The molecule has 1 heterocycles. The molecular weight excluding hydrogens is 338 g/mol. The lowest BCUT2D eigenvalue weighted by molar-refractivity contribution is 0.102. The summed E-state index contributed by atoms with van der Waals surface area (Å²) in [6, 6.07) is 5.66. The Morgan fingerprint density at radius 2 is 2.04 bits per heavy atom. The van der Waals surface area contributed by atoms with Gasteiger partial charge in [0.2, 0.25) is 0 Å². The molecule has 0 saturated heterocycles. The number of nitrogens with zero attached hydrogens (tertiary/aromatic N) is 2. The molecule has 0 spiro atoms. The van der Waals surface area contributed by atoms with E-state index in [9.17, 15) is 4.79 Å². The van der Waals surface area contributed by atoms with Gasteiger partial charge in [0.1, 0.15) is 10.9 Å². The summed E-state index contributed by atoms with van der Waals surface area (Å²) in [4.78, 5) is 12.6. The van der Waals surface area contributed by atoms with E-state index < -0.39 is 0 Å². The summed E-state index contributed by atoms with van der Waals surface area (Å²) >= 11 is 6.17. The van der Waals surface area contributed by atoms with Crippen molar-refractivity contribution in [1.82, 2.24) is 9.78 Å². The predicted molar refractivity (Wildman–Crippen MR) is 102 cm³/mol. The molecule has 1 aromatic heterocycles. The van der Waals surface area contributed by atoms with E-state index in [1.165, 1.54) is 23.9 Å². The number of hydrogen-bond donors (Lipinski definition) is 1. The van der Waals surface area contributed by atoms with Crippen LogP contribution in [-0.2, 0) is 7.05 Å². The SMILES string of the molecule is CCCCCCOc1cccc(NC(=O)c2c(C)nn(C)c2Cl)c1C. The minimum Gasteiger partial charge on any atom is -0.493 e. The van der Waals surface area contributed by atoms with Gasteiger partial charge in [-0.1, -0.05) is 43.9 Å². The molecule has 1 amide bonds. The molecule has 2 rings (SSSR count). The summed E-state index contributed by atoms with van der Waals surface area (Å²) in [5.41, 5.74) is 2.62. The van der Waals surface area contributed by atoms with Crippen molar-refractivity contribution in [3.63, 3.8) is 0 Å². The van der Waals surface area contributed by atoms with E-state index in [4.69, 9.17) is 16.3 Å². The molecule has 0 saturated carbocycles. The number of benzene rings is 1. The fourth-order valence-corrected chi connectivity index (χ4v) is 2.95. The largest absolute Gasteiger partial charge is 0.493 e. The van der Waals surface area contributed by atoms with Crippen molar-refractivity contribution in [2.75, 3.05) is 11.9 Å². The third kappa shape index (κ3) is 4.75. The van der Waals surface area contributed by atoms with Crippen LogP contribution >= 0.6 is 11.6 Å². The third-order valence-corrected chi connectivity index (χ3v) is 4.60. The maximum atomic E-state index is 12.6. The van der Waals surface area contributed by atoms with Crippen molar-refractivity contribution in [2.24, 2.45) is 7.05 Å². The van der Waals surface area contributed by atoms with Crippen LogP contribution in [0.5, 0.6) is 5.75 Å². The van der Waals surface area contributed by atoms with Crippen LogP contribution in [0, 0.1) is 13.8 Å². The van der Waals surface area contributed by atoms with E-state index in [1.807, 2.05) is 25.1 Å². The smallest absolute Gasteiger partial charge is 0.260 e. The summed E-state index contributed by atoms with van der Waals surface area (Å²) < 4.78 is 7.36. The number of aryl methyl sites for hydroxylation is 2. The lowest BCUT2D eigenvalue weighted by atomic mass is 10.1. The Morgan fingerprint density at radius 3 is 2.68 bits per heavy atom. The number of rotatable bonds is 8. The van der Waals surface area contributed by atoms with Gasteiger partial charge in [-0.15, -0.1) is 0 Å². The maximum absolute atomic E-state index is 12.6. The first-order valence-electron chi connectivity index (χ1n) is 8.68. The molecule has 25 heavy (non-hydrogen) atoms. The van der Waals surface area contributed by atoms with Crippen molar-refractivity contribution in [2.45, 2.75) is 46.5 Å². The van der Waals surface area contributed by atoms with Crippen molar-refractivity contribution in [3.05, 3.63) is 40.2 Å². The first kappa shape index (κ1) is 19.3. The molecule has 0 radical (unpaired) electrons. The number of anilines is 1. The van der Waals surface area contributed by atoms with Gasteiger partial charge < -0.3 is 10.1 Å². The van der Waals surface area contributed by atoms with Crippen molar-refractivity contribution >= 4 is 23.2 Å². The minimum absolute atomic E-state index is 0.265. The van der Waals surface area contributed by atoms with E-state index in [0.717, 1.165) is 23.4 Å². The number of nitrogens with one attached hydrogen (secondary N) is 1. The predicted octanol–water partition coefficient (Wildman–Crippen LogP) is 4.90. The van der Waals surface area contributed by atoms with Gasteiger partial charge in [0.25, 0.3) is 5.91 Å². The van der Waals surface area contributed by atoms with Gasteiger partial charge in [0, 0.05) is 18.3 Å². The number of hydrogen-bond acceptors (Lipinski definition) is 3. The molecular formula is C19H26ClN3O2. The molecule has 1 aromatic carbocycles. The Hall–Kier alpha value is -2.01. The van der Waals surface area contributed by atoms with E-state index >= 15 is 0 Å². The standard InChI is InChI=1S/C19H26ClN3O2/c1-5-6-7-8-12-25-16-11-9-10-15(13(16)2)21-19(24)17-14(3)22-23(4)18(17)20/h9-11H,5-8,12H2,1-4H3,(H,21,24). The fourth-order valence-electron chi connectivity index (χ4n) is 2.69. The number of halogens is 1. The third-order valence-electron chi connectivity index (χ3n) is 4.17. The van der Waals surface area contributed by atoms with E-state index in [0.29, 0.717) is 23.0 Å². The van der Waals surface area contributed by atoms with Gasteiger partial charge in [0.15, 0.2) is 0 Å². The Balaban J connectivity index is 2.07. The van der Waals surface area contributed by atoms with Crippen molar-refractivity contribution in [1.29, 1.82) is 0 Å². The Morgan fingerprint density at radius 1 is 1.28 bits per heavy atom. The van der Waals surface area contributed by atoms with Gasteiger partial charge in [-0.25, -0.2) is 0 Å². The van der Waals surface area contributed by atoms with Gasteiger partial charge in [-0.2, -0.15) is 5.10 Å². The number of carbonyl (C=O) groups excluding carboxylic acids is 1. The summed E-state index contributed by atoms with van der Waals surface area (Å²) in [5.74, 6) is 0.530. The monoisotopic (exact) mass is 363 g/mol. The first-order valence-corrected chi connectivity index (χ1v) is 9.06. The Labute approximate surface area is 154 Å². The van der Waals surface area contributed by atoms with Crippen LogP contribution in [0.4, 0.5) is 5.69 Å². The van der Waals surface area contributed by atoms with E-state index in [-0.39, 0.29) is 5.91 Å². The quantitative estimate of drug-likeness (QED) is 0.678. The molecule has 0 atom stereocenters. The van der Waals surface area contributed by atoms with Crippen LogP contribution in [-0.4, -0.2) is 22.3 Å². The second-order valence-corrected chi connectivity index (χ2v) is 6.52. The van der Waals surface area contributed by atoms with Gasteiger partial charge in [0.05, 0.1) is 17.9 Å². The molecule has 0 bridgehead atoms. The van der Waals surface area contributed by atoms with Crippen LogP contribution < -0.4 is 10.1 Å². The summed E-state index contributed by atoms with van der Waals surface area (Å²) in [7, 11) is 1.71. The van der Waals surface area contributed by atoms with E-state index in [2.05, 4.69) is 17.3 Å². The molecule has 5 nitrogen and oxygen atoms in total. The Bertz CT molecular complexity index is 741. The van der Waals surface area contributed by atoms with Crippen molar-refractivity contribution in [3.8, 4) is 5.75 Å². The highest BCUT2D eigenvalue weighted by Crippen LogP contribution is 2.27. The maximum Gasteiger partial charge on any atom is 0.260 e. The highest BCUT2D eigenvalue weighted by Gasteiger charge is 2.20. The molecule has 0 unspecified atom stereocenters. The second kappa shape index (κ2) is 8.90. The molecule has 0 fully saturated rings. The molecule has 1 N–H and O–H groups in total. The number of aromatic nitrogens is 2. The van der Waals surface area contributed by atoms with Crippen LogP contribution in [0.1, 0.15) is 54.2 Å². The average molecular weight is 364 g/mol. The summed E-state index contributed by atoms with van der Waals surface area (Å²) in [5, 5.41) is 7.42. The Kier molecular flexibility index (Phi) is 6.88. The topological polar surface area (TPSA) is 56.1 Å². The fraction of sp³-hybridized carbons (Fsp3) is 0.474. The zero-order valence-corrected chi connectivity index (χ0v) is 16.1. The van der Waals surface area contributed by atoms with Crippen LogP contribution in [0.15, 0.2) is 18.2 Å². The highest BCUT2D eigenvalue weighted by molar-refractivity contribution is 6.33. The van der Waals surface area contributed by atoms with Gasteiger partial charge >= 0.3 is 0 Å². The molecule has 6 heteroatoms. The molecule has 0 aliphatic heterocycles. The lowest BCUT2D eigenvalue weighted by Crippen LogP contribution is -2.14. The van der Waals surface area contributed by atoms with Crippen LogP contribution in [0.2, 0.25) is 5.15 Å². The summed E-state index contributed by atoms with van der Waals surface area (Å²) in [6.45, 7) is 6.58. The van der Waals surface area contributed by atoms with Gasteiger partial charge in [-0.3, -0.25) is 9.48 Å². The zero-order chi connectivity index (χ0) is 18.4. The molecule has 136 valence electrons. The van der Waals surface area contributed by atoms with Crippen LogP contribution in [0.25, 0.3) is 0 Å². The number of unbranched alkanes of at least 4 members (excludes halogenated alkanes) is 3. The summed E-state index contributed by atoms with van der Waals surface area (Å²) in [6.07, 6.45) is 4.64. The zero-order valence-electron chi connectivity index (χ0n) is 15.4. The number of amides is 1. The average Bonchev–Trinajstić information content (AvgIpc) is 2.83. The number of carbonyl (C=O) groups is 1. The first-order chi connectivity index (χ1) is 12.0. The van der Waals surface area contributed by atoms with Crippen LogP contribution in [0.3, 0.4) is 0 Å². The molecule has 0 aliphatic rings. The van der Waals surface area contributed by atoms with Crippen molar-refractivity contribution < 1.29 is 9.53 Å². The van der Waals surface area contributed by atoms with Gasteiger partial charge in [-0.05, 0) is 32.4 Å². The second-order valence-electron chi connectivity index (χ2n) is 6.17. The molecule has 2 aromatic rings. The highest BCUT2D eigenvalue weighted by atomic mass is 35.5. The normalized spacial score (nSPS) is 10.8. The molecule has 0 aliphatic carbocycles. The van der Waals surface area contributed by atoms with E-state index in [1.54, 1.807) is 14.0 Å². The number of ether oxygens (including phenoxy) is 1.